The molecular weight excluding hydrogens is 438 g/mol. The van der Waals surface area contributed by atoms with E-state index in [1.165, 1.54) is 49.9 Å². The van der Waals surface area contributed by atoms with Gasteiger partial charge in [0.1, 0.15) is 0 Å². The van der Waals surface area contributed by atoms with Gasteiger partial charge in [0.05, 0.1) is 30.3 Å². The van der Waals surface area contributed by atoms with Crippen molar-refractivity contribution in [3.8, 4) is 22.9 Å². The van der Waals surface area contributed by atoms with Crippen LogP contribution in [-0.4, -0.2) is 62.3 Å². The van der Waals surface area contributed by atoms with Crippen molar-refractivity contribution in [3.63, 3.8) is 0 Å². The first-order chi connectivity index (χ1) is 16.9. The second-order valence-electron chi connectivity index (χ2n) is 11.4. The number of hydrogen-bond acceptors (Lipinski definition) is 7. The second kappa shape index (κ2) is 7.77. The first-order valence-electron chi connectivity index (χ1n) is 12.8. The molecule has 0 radical (unpaired) electrons. The summed E-state index contributed by atoms with van der Waals surface area (Å²) in [5.74, 6) is 1.79. The van der Waals surface area contributed by atoms with Gasteiger partial charge in [-0.25, -0.2) is 9.97 Å². The van der Waals surface area contributed by atoms with Crippen LogP contribution in [0.15, 0.2) is 36.8 Å². The predicted octanol–water partition coefficient (Wildman–Crippen LogP) is 4.06. The lowest BCUT2D eigenvalue weighted by Crippen LogP contribution is -2.62. The lowest BCUT2D eigenvalue weighted by Gasteiger charge is -2.59. The third kappa shape index (κ3) is 3.79. The summed E-state index contributed by atoms with van der Waals surface area (Å²) in [5.41, 5.74) is 11.2. The number of nitrogens with zero attached hydrogens (tertiary/aromatic N) is 6. The second-order valence-corrected chi connectivity index (χ2v) is 11.4. The molecule has 1 aromatic carbocycles. The molecule has 3 aromatic rings. The normalized spacial score (nSPS) is 24.1. The van der Waals surface area contributed by atoms with Crippen LogP contribution in [-0.2, 0) is 6.54 Å². The highest BCUT2D eigenvalue weighted by Gasteiger charge is 2.55. The van der Waals surface area contributed by atoms with Crippen molar-refractivity contribution in [2.24, 2.45) is 5.41 Å². The molecule has 2 aliphatic heterocycles. The van der Waals surface area contributed by atoms with Crippen LogP contribution in [0.2, 0.25) is 0 Å². The Balaban J connectivity index is 1.05. The van der Waals surface area contributed by atoms with Gasteiger partial charge in [0.2, 0.25) is 0 Å². The van der Waals surface area contributed by atoms with Gasteiger partial charge in [0.15, 0.2) is 11.6 Å². The molecule has 8 nitrogen and oxygen atoms in total. The summed E-state index contributed by atoms with van der Waals surface area (Å²) in [6.07, 6.45) is 10.7. The molecule has 2 aromatic heterocycles. The number of benzene rings is 1. The molecule has 4 aliphatic rings. The van der Waals surface area contributed by atoms with E-state index in [1.807, 2.05) is 6.20 Å². The molecule has 35 heavy (non-hydrogen) atoms. The van der Waals surface area contributed by atoms with Crippen molar-refractivity contribution in [1.82, 2.24) is 29.5 Å². The van der Waals surface area contributed by atoms with Gasteiger partial charge < -0.3 is 15.4 Å². The Kier molecular flexibility index (Phi) is 4.73. The minimum absolute atomic E-state index is 0.282. The Bertz CT molecular complexity index is 1270. The van der Waals surface area contributed by atoms with E-state index in [9.17, 15) is 0 Å². The summed E-state index contributed by atoms with van der Waals surface area (Å²) in [5, 5.41) is 4.58. The number of hydrogen-bond donors (Lipinski definition) is 1. The van der Waals surface area contributed by atoms with Crippen LogP contribution in [0, 0.1) is 5.41 Å². The molecule has 1 atom stereocenters. The van der Waals surface area contributed by atoms with E-state index in [-0.39, 0.29) is 5.82 Å². The summed E-state index contributed by atoms with van der Waals surface area (Å²) >= 11 is 0. The molecule has 4 heterocycles. The zero-order chi connectivity index (χ0) is 23.7. The molecule has 3 fully saturated rings. The van der Waals surface area contributed by atoms with Crippen molar-refractivity contribution >= 4 is 5.82 Å². The van der Waals surface area contributed by atoms with E-state index in [4.69, 9.17) is 15.5 Å². The molecule has 1 saturated heterocycles. The molecule has 7 rings (SSSR count). The summed E-state index contributed by atoms with van der Waals surface area (Å²) in [7, 11) is 2.17. The minimum Gasteiger partial charge on any atom is -0.433 e. The van der Waals surface area contributed by atoms with Crippen molar-refractivity contribution in [3.05, 3.63) is 47.9 Å². The molecule has 1 spiro atoms. The third-order valence-corrected chi connectivity index (χ3v) is 8.41. The van der Waals surface area contributed by atoms with E-state index in [0.29, 0.717) is 29.0 Å². The Morgan fingerprint density at radius 1 is 1.11 bits per heavy atom. The fourth-order valence-electron chi connectivity index (χ4n) is 6.48. The maximum absolute atomic E-state index is 6.13. The zero-order valence-corrected chi connectivity index (χ0v) is 20.5. The van der Waals surface area contributed by atoms with Gasteiger partial charge in [-0.05, 0) is 61.3 Å². The highest BCUT2D eigenvalue weighted by atomic mass is 16.5. The number of anilines is 1. The summed E-state index contributed by atoms with van der Waals surface area (Å²) in [6, 6.07) is 7.92. The standard InChI is InChI=1S/C27H33N7O/c1-17-12-32(2)13-19-7-18(3-6-23(17)19)24-11-29-25(28)26(31-24)35-22-10-30-34(14-22)21-8-27(9-21)15-33(16-27)20-4-5-20/h3,6-7,10-11,14,17,20-21H,4-5,8-9,12-13,15-16H2,1-2H3,(H2,28,29). The maximum atomic E-state index is 6.13. The molecule has 182 valence electrons. The lowest BCUT2D eigenvalue weighted by molar-refractivity contribution is -0.0954. The summed E-state index contributed by atoms with van der Waals surface area (Å²) in [4.78, 5) is 14.1. The highest BCUT2D eigenvalue weighted by Crippen LogP contribution is 2.56. The van der Waals surface area contributed by atoms with E-state index in [2.05, 4.69) is 56.7 Å². The lowest BCUT2D eigenvalue weighted by atomic mass is 9.60. The van der Waals surface area contributed by atoms with E-state index >= 15 is 0 Å². The van der Waals surface area contributed by atoms with Crippen molar-refractivity contribution in [2.75, 3.05) is 32.4 Å². The smallest absolute Gasteiger partial charge is 0.263 e. The number of likely N-dealkylation sites (tertiary alicyclic amines) is 1. The molecular formula is C27H33N7O. The molecule has 2 saturated carbocycles. The molecule has 2 N–H and O–H groups in total. The Morgan fingerprint density at radius 3 is 2.74 bits per heavy atom. The average molecular weight is 472 g/mol. The number of likely N-dealkylation sites (N-methyl/N-ethyl adjacent to an activating group) is 1. The van der Waals surface area contributed by atoms with Gasteiger partial charge >= 0.3 is 0 Å². The van der Waals surface area contributed by atoms with E-state index in [1.54, 1.807) is 12.4 Å². The van der Waals surface area contributed by atoms with Crippen LogP contribution < -0.4 is 10.5 Å². The van der Waals surface area contributed by atoms with Gasteiger partial charge in [0, 0.05) is 37.8 Å². The monoisotopic (exact) mass is 471 g/mol. The number of aromatic nitrogens is 4. The van der Waals surface area contributed by atoms with Crippen molar-refractivity contribution in [1.29, 1.82) is 0 Å². The van der Waals surface area contributed by atoms with Gasteiger partial charge in [-0.2, -0.15) is 5.10 Å². The van der Waals surface area contributed by atoms with Gasteiger partial charge in [-0.1, -0.05) is 19.1 Å². The fraction of sp³-hybridized carbons (Fsp3) is 0.519. The maximum Gasteiger partial charge on any atom is 0.263 e. The molecule has 0 amide bonds. The molecule has 2 aliphatic carbocycles. The molecule has 1 unspecified atom stereocenters. The number of nitrogens with two attached hydrogens (primary N) is 1. The van der Waals surface area contributed by atoms with E-state index < -0.39 is 0 Å². The first kappa shape index (κ1) is 21.3. The van der Waals surface area contributed by atoms with Gasteiger partial charge in [-0.15, -0.1) is 0 Å². The Labute approximate surface area is 206 Å². The first-order valence-corrected chi connectivity index (χ1v) is 12.8. The summed E-state index contributed by atoms with van der Waals surface area (Å²) < 4.78 is 8.12. The van der Waals surface area contributed by atoms with Crippen LogP contribution >= 0.6 is 0 Å². The van der Waals surface area contributed by atoms with Crippen LogP contribution in [0.25, 0.3) is 11.3 Å². The molecule has 8 heteroatoms. The minimum atomic E-state index is 0.282. The largest absolute Gasteiger partial charge is 0.433 e. The quantitative estimate of drug-likeness (QED) is 0.600. The Hall–Kier alpha value is -2.97. The molecule has 0 bridgehead atoms. The highest BCUT2D eigenvalue weighted by molar-refractivity contribution is 5.63. The van der Waals surface area contributed by atoms with E-state index in [0.717, 1.165) is 30.4 Å². The fourth-order valence-corrected chi connectivity index (χ4v) is 6.48. The zero-order valence-electron chi connectivity index (χ0n) is 20.5. The summed E-state index contributed by atoms with van der Waals surface area (Å²) in [6.45, 7) is 6.85. The van der Waals surface area contributed by atoms with Crippen LogP contribution in [0.1, 0.15) is 55.7 Å². The average Bonchev–Trinajstić information content (AvgIpc) is 3.51. The number of fused-ring (bicyclic) bond motifs is 1. The van der Waals surface area contributed by atoms with Crippen molar-refractivity contribution in [2.45, 2.75) is 57.2 Å². The van der Waals surface area contributed by atoms with Crippen LogP contribution in [0.3, 0.4) is 0 Å². The topological polar surface area (TPSA) is 85.3 Å². The SMILES string of the molecule is CC1CN(C)Cc2cc(-c3cnc(N)c(Oc4cnn(C5CC6(C5)CN(C5CC5)C6)c4)n3)ccc21. The third-order valence-electron chi connectivity index (χ3n) is 8.41. The van der Waals surface area contributed by atoms with Gasteiger partial charge in [-0.3, -0.25) is 9.58 Å². The van der Waals surface area contributed by atoms with Crippen LogP contribution in [0.4, 0.5) is 5.82 Å². The number of ether oxygens (including phenoxy) is 1. The number of rotatable bonds is 5. The van der Waals surface area contributed by atoms with Crippen molar-refractivity contribution < 1.29 is 4.74 Å². The van der Waals surface area contributed by atoms with Gasteiger partial charge in [0.25, 0.3) is 5.88 Å². The Morgan fingerprint density at radius 2 is 1.94 bits per heavy atom. The number of nitrogen functional groups attached to an aromatic ring is 1. The predicted molar refractivity (Wildman–Crippen MR) is 134 cm³/mol. The van der Waals surface area contributed by atoms with Crippen LogP contribution in [0.5, 0.6) is 11.6 Å².